The molecule has 0 aliphatic carbocycles. The maximum absolute atomic E-state index is 12.9. The highest BCUT2D eigenvalue weighted by Gasteiger charge is 2.39. The fourth-order valence-electron chi connectivity index (χ4n) is 3.26. The van der Waals surface area contributed by atoms with Crippen molar-refractivity contribution in [3.8, 4) is 0 Å². The molecule has 11 heteroatoms. The van der Waals surface area contributed by atoms with E-state index in [1.54, 1.807) is 6.07 Å². The Bertz CT molecular complexity index is 1330. The summed E-state index contributed by atoms with van der Waals surface area (Å²) in [4.78, 5) is 58.2. The lowest BCUT2D eigenvalue weighted by atomic mass is 9.99. The summed E-state index contributed by atoms with van der Waals surface area (Å²) in [6, 6.07) is 10.3. The van der Waals surface area contributed by atoms with Crippen LogP contribution in [0.4, 0.5) is 5.69 Å². The molecule has 9 nitrogen and oxygen atoms in total. The fourth-order valence-corrected chi connectivity index (χ4v) is 4.55. The van der Waals surface area contributed by atoms with Crippen molar-refractivity contribution < 1.29 is 19.1 Å². The molecule has 164 valence electrons. The first kappa shape index (κ1) is 21.8. The lowest BCUT2D eigenvalue weighted by Crippen LogP contribution is -2.44. The Morgan fingerprint density at radius 1 is 1.22 bits per heavy atom. The lowest BCUT2D eigenvalue weighted by molar-refractivity contribution is -0.149. The number of hydrogen-bond donors (Lipinski definition) is 3. The molecule has 3 N–H and O–H groups in total. The molecule has 2 atom stereocenters. The Labute approximate surface area is 190 Å². The molecule has 0 spiro atoms. The summed E-state index contributed by atoms with van der Waals surface area (Å²) in [5.41, 5.74) is 0.636. The quantitative estimate of drug-likeness (QED) is 0.293. The minimum Gasteiger partial charge on any atom is -0.468 e. The van der Waals surface area contributed by atoms with Crippen molar-refractivity contribution in [1.82, 2.24) is 15.3 Å². The van der Waals surface area contributed by atoms with Gasteiger partial charge in [-0.25, -0.2) is 4.98 Å². The summed E-state index contributed by atoms with van der Waals surface area (Å²) < 4.78 is 4.68. The van der Waals surface area contributed by atoms with Crippen LogP contribution in [0.2, 0.25) is 5.02 Å². The second-order valence-electron chi connectivity index (χ2n) is 7.05. The molecule has 32 heavy (non-hydrogen) atoms. The number of carbonyl (C=O) groups excluding carboxylic acids is 3. The Morgan fingerprint density at radius 3 is 2.75 bits per heavy atom. The molecule has 1 aromatic heterocycles. The SMILES string of the molecule is COC(=O)[C@@H](C(=O)C(=O)N[C@H]1Nc2ccc(C)cc2S1)c1nc2ccc(Cl)cc2[nH]c1=O. The number of aromatic amines is 1. The van der Waals surface area contributed by atoms with Crippen LogP contribution in [0.25, 0.3) is 11.0 Å². The Morgan fingerprint density at radius 2 is 2.00 bits per heavy atom. The standard InChI is InChI=1S/C21H17ClN4O5S/c1-9-3-5-12-14(7-9)32-21(25-12)26-19(29)17(27)15(20(30)31-2)16-18(28)24-13-8-10(22)4-6-11(13)23-16/h3-8,15,21,25H,1-2H3,(H,24,28)(H,26,29)/t15-,21-/m1/s1. The minimum atomic E-state index is -1.82. The summed E-state index contributed by atoms with van der Waals surface area (Å²) in [6.45, 7) is 1.94. The van der Waals surface area contributed by atoms with Crippen LogP contribution in [0.3, 0.4) is 0 Å². The number of ketones is 1. The van der Waals surface area contributed by atoms with E-state index in [2.05, 4.69) is 25.3 Å². The fraction of sp³-hybridized carbons (Fsp3) is 0.190. The van der Waals surface area contributed by atoms with Crippen LogP contribution < -0.4 is 16.2 Å². The molecule has 0 radical (unpaired) electrons. The van der Waals surface area contributed by atoms with E-state index >= 15 is 0 Å². The molecule has 0 unspecified atom stereocenters. The number of Topliss-reactive ketones (excluding diaryl/α,β-unsaturated/α-hetero) is 1. The topological polar surface area (TPSA) is 130 Å². The van der Waals surface area contributed by atoms with Gasteiger partial charge in [0.25, 0.3) is 11.5 Å². The summed E-state index contributed by atoms with van der Waals surface area (Å²) in [7, 11) is 1.06. The molecular weight excluding hydrogens is 456 g/mol. The van der Waals surface area contributed by atoms with Gasteiger partial charge in [-0.2, -0.15) is 0 Å². The molecular formula is C21H17ClN4O5S. The molecule has 3 aromatic rings. The van der Waals surface area contributed by atoms with Crippen molar-refractivity contribution in [2.24, 2.45) is 0 Å². The van der Waals surface area contributed by atoms with Crippen molar-refractivity contribution in [1.29, 1.82) is 0 Å². The van der Waals surface area contributed by atoms with E-state index in [1.807, 2.05) is 25.1 Å². The first-order valence-electron chi connectivity index (χ1n) is 9.42. The van der Waals surface area contributed by atoms with Crippen LogP contribution >= 0.6 is 23.4 Å². The number of amides is 1. The molecule has 1 aliphatic heterocycles. The average Bonchev–Trinajstić information content (AvgIpc) is 3.15. The number of hydrogen-bond acceptors (Lipinski definition) is 8. The van der Waals surface area contributed by atoms with Gasteiger partial charge in [0.1, 0.15) is 5.69 Å². The van der Waals surface area contributed by atoms with Crippen molar-refractivity contribution in [2.75, 3.05) is 12.4 Å². The van der Waals surface area contributed by atoms with E-state index in [0.717, 1.165) is 23.3 Å². The van der Waals surface area contributed by atoms with Crippen LogP contribution in [0, 0.1) is 6.92 Å². The largest absolute Gasteiger partial charge is 0.468 e. The van der Waals surface area contributed by atoms with Gasteiger partial charge in [-0.15, -0.1) is 0 Å². The van der Waals surface area contributed by atoms with E-state index in [4.69, 9.17) is 11.6 Å². The maximum Gasteiger partial charge on any atom is 0.323 e. The van der Waals surface area contributed by atoms with Crippen molar-refractivity contribution in [3.63, 3.8) is 0 Å². The zero-order chi connectivity index (χ0) is 23.0. The number of fused-ring (bicyclic) bond motifs is 2. The highest BCUT2D eigenvalue weighted by Crippen LogP contribution is 2.37. The summed E-state index contributed by atoms with van der Waals surface area (Å²) in [5.74, 6) is -5.09. The number of methoxy groups -OCH3 is 1. The van der Waals surface area contributed by atoms with Crippen LogP contribution in [0.5, 0.6) is 0 Å². The highest BCUT2D eigenvalue weighted by atomic mass is 35.5. The number of benzene rings is 2. The molecule has 1 aliphatic rings. The number of rotatable bonds is 5. The van der Waals surface area contributed by atoms with E-state index in [1.165, 1.54) is 23.9 Å². The average molecular weight is 473 g/mol. The van der Waals surface area contributed by atoms with Crippen LogP contribution in [0.1, 0.15) is 17.2 Å². The number of H-pyrrole nitrogens is 1. The van der Waals surface area contributed by atoms with Gasteiger partial charge in [-0.3, -0.25) is 19.2 Å². The van der Waals surface area contributed by atoms with E-state index < -0.39 is 40.3 Å². The zero-order valence-corrected chi connectivity index (χ0v) is 18.5. The molecule has 2 heterocycles. The smallest absolute Gasteiger partial charge is 0.323 e. The first-order valence-corrected chi connectivity index (χ1v) is 10.7. The number of ether oxygens (including phenoxy) is 1. The summed E-state index contributed by atoms with van der Waals surface area (Å²) in [5, 5.41) is 5.99. The predicted octanol–water partition coefficient (Wildman–Crippen LogP) is 2.33. The number of thioether (sulfide) groups is 1. The van der Waals surface area contributed by atoms with Gasteiger partial charge >= 0.3 is 5.97 Å². The molecule has 0 saturated carbocycles. The monoisotopic (exact) mass is 472 g/mol. The van der Waals surface area contributed by atoms with Gasteiger partial charge in [-0.1, -0.05) is 29.4 Å². The third-order valence-electron chi connectivity index (χ3n) is 4.81. The number of halogens is 1. The third-order valence-corrected chi connectivity index (χ3v) is 6.11. The second kappa shape index (κ2) is 8.64. The summed E-state index contributed by atoms with van der Waals surface area (Å²) in [6.07, 6.45) is 0. The van der Waals surface area contributed by atoms with Crippen molar-refractivity contribution >= 4 is 57.7 Å². The van der Waals surface area contributed by atoms with Gasteiger partial charge in [0, 0.05) is 9.92 Å². The Kier molecular flexibility index (Phi) is 5.90. The van der Waals surface area contributed by atoms with Crippen LogP contribution in [-0.2, 0) is 19.1 Å². The molecule has 1 amide bonds. The highest BCUT2D eigenvalue weighted by molar-refractivity contribution is 8.00. The zero-order valence-electron chi connectivity index (χ0n) is 16.9. The number of aromatic nitrogens is 2. The number of anilines is 1. The molecule has 2 aromatic carbocycles. The Balaban J connectivity index is 1.60. The van der Waals surface area contributed by atoms with Crippen LogP contribution in [0.15, 0.2) is 46.1 Å². The predicted molar refractivity (Wildman–Crippen MR) is 120 cm³/mol. The number of esters is 1. The number of nitrogens with one attached hydrogen (secondary N) is 3. The van der Waals surface area contributed by atoms with Gasteiger partial charge in [-0.05, 0) is 42.8 Å². The molecule has 0 fully saturated rings. The maximum atomic E-state index is 12.9. The van der Waals surface area contributed by atoms with Gasteiger partial charge in [0.2, 0.25) is 5.78 Å². The number of aryl methyl sites for hydroxylation is 1. The Hall–Kier alpha value is -3.37. The number of nitrogens with zero attached hydrogens (tertiary/aromatic N) is 1. The molecule has 4 rings (SSSR count). The van der Waals surface area contributed by atoms with E-state index in [9.17, 15) is 19.2 Å². The number of carbonyl (C=O) groups is 3. The van der Waals surface area contributed by atoms with E-state index in [0.29, 0.717) is 16.1 Å². The minimum absolute atomic E-state index is 0.296. The lowest BCUT2D eigenvalue weighted by Gasteiger charge is -2.16. The molecule has 0 bridgehead atoms. The third kappa shape index (κ3) is 4.19. The summed E-state index contributed by atoms with van der Waals surface area (Å²) >= 11 is 7.24. The van der Waals surface area contributed by atoms with E-state index in [-0.39, 0.29) is 0 Å². The molecule has 0 saturated heterocycles. The second-order valence-corrected chi connectivity index (χ2v) is 8.63. The first-order chi connectivity index (χ1) is 15.3. The normalized spacial score (nSPS) is 15.5. The van der Waals surface area contributed by atoms with Crippen molar-refractivity contribution in [2.45, 2.75) is 23.2 Å². The van der Waals surface area contributed by atoms with Gasteiger partial charge in [0.15, 0.2) is 11.4 Å². The van der Waals surface area contributed by atoms with Gasteiger partial charge < -0.3 is 20.4 Å². The van der Waals surface area contributed by atoms with Crippen molar-refractivity contribution in [3.05, 3.63) is 63.0 Å². The van der Waals surface area contributed by atoms with Crippen LogP contribution in [-0.4, -0.2) is 40.2 Å². The van der Waals surface area contributed by atoms with Gasteiger partial charge in [0.05, 0.1) is 23.8 Å².